The Labute approximate surface area is 136 Å². The molecule has 7 heteroatoms. The Morgan fingerprint density at radius 3 is 2.50 bits per heavy atom. The van der Waals surface area contributed by atoms with E-state index in [-0.39, 0.29) is 30.1 Å². The minimum Gasteiger partial charge on any atom is -0.495 e. The van der Waals surface area contributed by atoms with Crippen molar-refractivity contribution in [1.29, 1.82) is 0 Å². The SMILES string of the molecule is COc1ccc(NC(=O)C(C)C2CNC2)cc1NC(C)=O.Cl. The summed E-state index contributed by atoms with van der Waals surface area (Å²) in [6.45, 7) is 5.12. The molecule has 1 aliphatic rings. The van der Waals surface area contributed by atoms with E-state index in [1.54, 1.807) is 18.2 Å². The molecule has 1 saturated heterocycles. The molecule has 122 valence electrons. The van der Waals surface area contributed by atoms with Gasteiger partial charge in [-0.1, -0.05) is 6.92 Å². The number of halogens is 1. The van der Waals surface area contributed by atoms with Crippen LogP contribution in [0.3, 0.4) is 0 Å². The Kier molecular flexibility index (Phi) is 6.64. The van der Waals surface area contributed by atoms with Crippen molar-refractivity contribution in [2.75, 3.05) is 30.8 Å². The fourth-order valence-corrected chi connectivity index (χ4v) is 2.21. The van der Waals surface area contributed by atoms with Crippen LogP contribution in [0.5, 0.6) is 5.75 Å². The van der Waals surface area contributed by atoms with Crippen molar-refractivity contribution in [3.63, 3.8) is 0 Å². The third-order valence-electron chi connectivity index (χ3n) is 3.71. The minimum absolute atomic E-state index is 0. The van der Waals surface area contributed by atoms with Crippen LogP contribution in [0, 0.1) is 11.8 Å². The highest BCUT2D eigenvalue weighted by atomic mass is 35.5. The highest BCUT2D eigenvalue weighted by Crippen LogP contribution is 2.28. The maximum atomic E-state index is 12.2. The molecule has 1 aromatic carbocycles. The first-order valence-corrected chi connectivity index (χ1v) is 6.98. The van der Waals surface area contributed by atoms with E-state index in [0.29, 0.717) is 23.0 Å². The van der Waals surface area contributed by atoms with Crippen molar-refractivity contribution in [3.05, 3.63) is 18.2 Å². The summed E-state index contributed by atoms with van der Waals surface area (Å²) in [5.41, 5.74) is 1.18. The van der Waals surface area contributed by atoms with Gasteiger partial charge in [0.15, 0.2) is 0 Å². The predicted molar refractivity (Wildman–Crippen MR) is 88.7 cm³/mol. The molecule has 1 aliphatic heterocycles. The van der Waals surface area contributed by atoms with Gasteiger partial charge in [-0.2, -0.15) is 0 Å². The number of benzene rings is 1. The minimum atomic E-state index is -0.189. The number of ether oxygens (including phenoxy) is 1. The van der Waals surface area contributed by atoms with Gasteiger partial charge in [0.05, 0.1) is 12.8 Å². The molecular weight excluding hydrogens is 306 g/mol. The normalized spacial score (nSPS) is 15.0. The van der Waals surface area contributed by atoms with Crippen molar-refractivity contribution in [2.24, 2.45) is 11.8 Å². The topological polar surface area (TPSA) is 79.5 Å². The first-order chi connectivity index (χ1) is 10.0. The van der Waals surface area contributed by atoms with E-state index in [9.17, 15) is 9.59 Å². The van der Waals surface area contributed by atoms with Gasteiger partial charge < -0.3 is 20.7 Å². The second-order valence-electron chi connectivity index (χ2n) is 5.29. The monoisotopic (exact) mass is 327 g/mol. The van der Waals surface area contributed by atoms with Gasteiger partial charge in [-0.25, -0.2) is 0 Å². The number of hydrogen-bond acceptors (Lipinski definition) is 4. The number of rotatable bonds is 5. The first-order valence-electron chi connectivity index (χ1n) is 6.98. The zero-order chi connectivity index (χ0) is 15.4. The lowest BCUT2D eigenvalue weighted by molar-refractivity contribution is -0.121. The van der Waals surface area contributed by atoms with Crippen LogP contribution in [0.15, 0.2) is 18.2 Å². The van der Waals surface area contributed by atoms with Gasteiger partial charge in [0.25, 0.3) is 0 Å². The summed E-state index contributed by atoms with van der Waals surface area (Å²) in [7, 11) is 1.53. The van der Waals surface area contributed by atoms with Crippen LogP contribution in [-0.2, 0) is 9.59 Å². The Morgan fingerprint density at radius 2 is 2.00 bits per heavy atom. The van der Waals surface area contributed by atoms with Gasteiger partial charge in [-0.15, -0.1) is 12.4 Å². The number of methoxy groups -OCH3 is 1. The Balaban J connectivity index is 0.00000242. The van der Waals surface area contributed by atoms with E-state index in [4.69, 9.17) is 4.74 Å². The Hall–Kier alpha value is -1.79. The van der Waals surface area contributed by atoms with Gasteiger partial charge in [-0.05, 0) is 37.2 Å². The molecule has 1 aromatic rings. The molecule has 2 rings (SSSR count). The summed E-state index contributed by atoms with van der Waals surface area (Å²) in [5, 5.41) is 8.73. The van der Waals surface area contributed by atoms with Crippen LogP contribution in [0.25, 0.3) is 0 Å². The number of nitrogens with one attached hydrogen (secondary N) is 3. The summed E-state index contributed by atoms with van der Waals surface area (Å²) in [5.74, 6) is 0.696. The Bertz CT molecular complexity index is 547. The number of amides is 2. The zero-order valence-electron chi connectivity index (χ0n) is 12.9. The molecule has 0 radical (unpaired) electrons. The second-order valence-corrected chi connectivity index (χ2v) is 5.29. The smallest absolute Gasteiger partial charge is 0.227 e. The molecule has 0 bridgehead atoms. The number of hydrogen-bond donors (Lipinski definition) is 3. The highest BCUT2D eigenvalue weighted by molar-refractivity contribution is 5.95. The molecule has 3 N–H and O–H groups in total. The van der Waals surface area contributed by atoms with Crippen LogP contribution in [0.2, 0.25) is 0 Å². The van der Waals surface area contributed by atoms with E-state index >= 15 is 0 Å². The highest BCUT2D eigenvalue weighted by Gasteiger charge is 2.28. The van der Waals surface area contributed by atoms with Gasteiger partial charge in [0, 0.05) is 18.5 Å². The quantitative estimate of drug-likeness (QED) is 0.771. The van der Waals surface area contributed by atoms with E-state index in [2.05, 4.69) is 16.0 Å². The molecule has 0 aliphatic carbocycles. The van der Waals surface area contributed by atoms with Gasteiger partial charge in [0.1, 0.15) is 5.75 Å². The van der Waals surface area contributed by atoms with Crippen LogP contribution in [-0.4, -0.2) is 32.0 Å². The maximum absolute atomic E-state index is 12.2. The molecular formula is C15H22ClN3O3. The largest absolute Gasteiger partial charge is 0.495 e. The molecule has 1 atom stereocenters. The summed E-state index contributed by atoms with van der Waals surface area (Å²) in [6.07, 6.45) is 0. The molecule has 1 fully saturated rings. The number of carbonyl (C=O) groups is 2. The van der Waals surface area contributed by atoms with Crippen molar-refractivity contribution in [3.8, 4) is 5.75 Å². The molecule has 1 unspecified atom stereocenters. The summed E-state index contributed by atoms with van der Waals surface area (Å²) in [4.78, 5) is 23.4. The van der Waals surface area contributed by atoms with Crippen LogP contribution < -0.4 is 20.7 Å². The molecule has 6 nitrogen and oxygen atoms in total. The molecule has 2 amide bonds. The number of anilines is 2. The van der Waals surface area contributed by atoms with Crippen LogP contribution in [0.1, 0.15) is 13.8 Å². The average molecular weight is 328 g/mol. The summed E-state index contributed by atoms with van der Waals surface area (Å²) < 4.78 is 5.18. The molecule has 0 spiro atoms. The van der Waals surface area contributed by atoms with E-state index in [0.717, 1.165) is 13.1 Å². The standard InChI is InChI=1S/C15H21N3O3.ClH/c1-9(11-7-16-8-11)15(20)18-12-4-5-14(21-3)13(6-12)17-10(2)19;/h4-6,9,11,16H,7-8H2,1-3H3,(H,17,19)(H,18,20);1H. The van der Waals surface area contributed by atoms with Crippen molar-refractivity contribution >= 4 is 35.6 Å². The maximum Gasteiger partial charge on any atom is 0.227 e. The average Bonchev–Trinajstić information content (AvgIpc) is 2.36. The lowest BCUT2D eigenvalue weighted by atomic mass is 9.88. The van der Waals surface area contributed by atoms with Crippen LogP contribution >= 0.6 is 12.4 Å². The number of carbonyl (C=O) groups excluding carboxylic acids is 2. The van der Waals surface area contributed by atoms with E-state index < -0.39 is 0 Å². The van der Waals surface area contributed by atoms with Gasteiger partial charge in [0.2, 0.25) is 11.8 Å². The van der Waals surface area contributed by atoms with Crippen LogP contribution in [0.4, 0.5) is 11.4 Å². The second kappa shape index (κ2) is 8.00. The fraction of sp³-hybridized carbons (Fsp3) is 0.467. The first kappa shape index (κ1) is 18.3. The summed E-state index contributed by atoms with van der Waals surface area (Å²) in [6, 6.07) is 5.17. The van der Waals surface area contributed by atoms with Crippen molar-refractivity contribution in [2.45, 2.75) is 13.8 Å². The van der Waals surface area contributed by atoms with Gasteiger partial charge >= 0.3 is 0 Å². The lowest BCUT2D eigenvalue weighted by Crippen LogP contribution is -2.48. The fourth-order valence-electron chi connectivity index (χ4n) is 2.21. The third-order valence-corrected chi connectivity index (χ3v) is 3.71. The summed E-state index contributed by atoms with van der Waals surface area (Å²) >= 11 is 0. The zero-order valence-corrected chi connectivity index (χ0v) is 13.8. The third kappa shape index (κ3) is 4.35. The molecule has 0 aromatic heterocycles. The van der Waals surface area contributed by atoms with Gasteiger partial charge in [-0.3, -0.25) is 9.59 Å². The van der Waals surface area contributed by atoms with E-state index in [1.165, 1.54) is 14.0 Å². The van der Waals surface area contributed by atoms with Crippen molar-refractivity contribution < 1.29 is 14.3 Å². The van der Waals surface area contributed by atoms with Crippen molar-refractivity contribution in [1.82, 2.24) is 5.32 Å². The molecule has 22 heavy (non-hydrogen) atoms. The van der Waals surface area contributed by atoms with E-state index in [1.807, 2.05) is 6.92 Å². The molecule has 0 saturated carbocycles. The molecule has 1 heterocycles. The lowest BCUT2D eigenvalue weighted by Gasteiger charge is -2.31. The predicted octanol–water partition coefficient (Wildman–Crippen LogP) is 1.87. The Morgan fingerprint density at radius 1 is 1.32 bits per heavy atom.